The highest BCUT2D eigenvalue weighted by atomic mass is 35.5. The Kier molecular flexibility index (Phi) is 6.07. The van der Waals surface area contributed by atoms with E-state index in [9.17, 15) is 8.42 Å². The molecule has 1 aromatic heterocycles. The highest BCUT2D eigenvalue weighted by Crippen LogP contribution is 2.26. The van der Waals surface area contributed by atoms with Gasteiger partial charge in [-0.1, -0.05) is 37.6 Å². The van der Waals surface area contributed by atoms with Gasteiger partial charge in [-0.15, -0.1) is 0 Å². The van der Waals surface area contributed by atoms with Crippen LogP contribution in [0.2, 0.25) is 0 Å². The summed E-state index contributed by atoms with van der Waals surface area (Å²) in [7, 11) is -1.93. The summed E-state index contributed by atoms with van der Waals surface area (Å²) in [6, 6.07) is 12.3. The van der Waals surface area contributed by atoms with E-state index >= 15 is 0 Å². The van der Waals surface area contributed by atoms with E-state index in [-0.39, 0.29) is 4.90 Å². The average molecular weight is 420 g/mol. The largest absolute Gasteiger partial charge is 0.497 e. The first-order valence-corrected chi connectivity index (χ1v) is 10.7. The van der Waals surface area contributed by atoms with Crippen molar-refractivity contribution in [2.45, 2.75) is 18.7 Å². The summed E-state index contributed by atoms with van der Waals surface area (Å²) in [4.78, 5) is 7.80. The van der Waals surface area contributed by atoms with Gasteiger partial charge in [-0.3, -0.25) is 0 Å². The maximum atomic E-state index is 12.7. The van der Waals surface area contributed by atoms with Crippen LogP contribution in [0.25, 0.3) is 22.1 Å². The number of hydrogen-bond donors (Lipinski definition) is 1. The smallest absolute Gasteiger partial charge is 0.243 e. The number of nitrogens with zero attached hydrogens (tertiary/aromatic N) is 2. The molecule has 0 amide bonds. The topological polar surface area (TPSA) is 75.3 Å². The van der Waals surface area contributed by atoms with E-state index in [1.807, 2.05) is 38.1 Å². The SMILES string of the molecule is CCN(CC)S(=O)(=O)c1ccc2nc(C(Cl)=Cc3cccc(OC)c3)[nH]c2c1. The molecule has 0 aliphatic heterocycles. The monoisotopic (exact) mass is 419 g/mol. The molecule has 0 fully saturated rings. The quantitative estimate of drug-likeness (QED) is 0.618. The zero-order valence-electron chi connectivity index (χ0n) is 15.9. The molecule has 1 N–H and O–H groups in total. The minimum Gasteiger partial charge on any atom is -0.497 e. The lowest BCUT2D eigenvalue weighted by Crippen LogP contribution is -2.30. The standard InChI is InChI=1S/C20H22ClN3O3S/c1-4-24(5-2)28(25,26)16-9-10-18-19(13-16)23-20(22-18)17(21)12-14-7-6-8-15(11-14)27-3/h6-13H,4-5H2,1-3H3,(H,22,23). The van der Waals surface area contributed by atoms with Gasteiger partial charge in [0.05, 0.1) is 28.1 Å². The molecule has 3 aromatic rings. The molecule has 0 aliphatic carbocycles. The Hall–Kier alpha value is -2.35. The number of methoxy groups -OCH3 is 1. The second-order valence-electron chi connectivity index (χ2n) is 6.12. The van der Waals surface area contributed by atoms with E-state index in [0.717, 1.165) is 11.3 Å². The van der Waals surface area contributed by atoms with Crippen LogP contribution in [0.3, 0.4) is 0 Å². The van der Waals surface area contributed by atoms with Crippen LogP contribution >= 0.6 is 11.6 Å². The Morgan fingerprint density at radius 1 is 1.21 bits per heavy atom. The Morgan fingerprint density at radius 2 is 1.96 bits per heavy atom. The molecule has 0 spiro atoms. The normalized spacial score (nSPS) is 12.7. The van der Waals surface area contributed by atoms with Gasteiger partial charge in [-0.05, 0) is 42.0 Å². The average Bonchev–Trinajstić information content (AvgIpc) is 3.12. The molecule has 0 atom stereocenters. The second kappa shape index (κ2) is 8.34. The third-order valence-electron chi connectivity index (χ3n) is 4.41. The minimum atomic E-state index is -3.54. The van der Waals surface area contributed by atoms with Crippen molar-refractivity contribution in [3.63, 3.8) is 0 Å². The number of benzene rings is 2. The fourth-order valence-corrected chi connectivity index (χ4v) is 4.62. The zero-order valence-corrected chi connectivity index (χ0v) is 17.5. The van der Waals surface area contributed by atoms with Crippen molar-refractivity contribution in [2.24, 2.45) is 0 Å². The Labute approximate surface area is 169 Å². The van der Waals surface area contributed by atoms with Gasteiger partial charge >= 0.3 is 0 Å². The Bertz CT molecular complexity index is 1120. The van der Waals surface area contributed by atoms with Crippen molar-refractivity contribution in [3.8, 4) is 5.75 Å². The van der Waals surface area contributed by atoms with E-state index in [0.29, 0.717) is 35.0 Å². The summed E-state index contributed by atoms with van der Waals surface area (Å²) in [5.74, 6) is 1.20. The van der Waals surface area contributed by atoms with Crippen molar-refractivity contribution in [1.82, 2.24) is 14.3 Å². The number of H-pyrrole nitrogens is 1. The molecule has 0 saturated carbocycles. The number of nitrogens with one attached hydrogen (secondary N) is 1. The number of imidazole rings is 1. The van der Waals surface area contributed by atoms with Crippen LogP contribution in [-0.4, -0.2) is 42.9 Å². The van der Waals surface area contributed by atoms with E-state index in [1.54, 1.807) is 31.4 Å². The maximum absolute atomic E-state index is 12.7. The summed E-state index contributed by atoms with van der Waals surface area (Å²) in [6.45, 7) is 4.47. The van der Waals surface area contributed by atoms with Crippen molar-refractivity contribution < 1.29 is 13.2 Å². The molecular formula is C20H22ClN3O3S. The molecule has 0 aliphatic rings. The predicted octanol–water partition coefficient (Wildman–Crippen LogP) is 4.34. The number of ether oxygens (including phenoxy) is 1. The van der Waals surface area contributed by atoms with Gasteiger partial charge < -0.3 is 9.72 Å². The van der Waals surface area contributed by atoms with Crippen molar-refractivity contribution in [3.05, 3.63) is 53.9 Å². The first-order valence-electron chi connectivity index (χ1n) is 8.90. The number of aromatic amines is 1. The van der Waals surface area contributed by atoms with Gasteiger partial charge in [0, 0.05) is 13.1 Å². The maximum Gasteiger partial charge on any atom is 0.243 e. The van der Waals surface area contributed by atoms with E-state index in [1.165, 1.54) is 4.31 Å². The number of fused-ring (bicyclic) bond motifs is 1. The summed E-state index contributed by atoms with van der Waals surface area (Å²) < 4.78 is 32.1. The summed E-state index contributed by atoms with van der Waals surface area (Å²) >= 11 is 6.43. The molecule has 3 rings (SSSR count). The third kappa shape index (κ3) is 4.06. The van der Waals surface area contributed by atoms with Crippen LogP contribution in [0.5, 0.6) is 5.75 Å². The highest BCUT2D eigenvalue weighted by Gasteiger charge is 2.22. The highest BCUT2D eigenvalue weighted by molar-refractivity contribution is 7.89. The van der Waals surface area contributed by atoms with Crippen molar-refractivity contribution >= 4 is 43.8 Å². The van der Waals surface area contributed by atoms with E-state index < -0.39 is 10.0 Å². The Balaban J connectivity index is 1.97. The lowest BCUT2D eigenvalue weighted by Gasteiger charge is -2.18. The second-order valence-corrected chi connectivity index (χ2v) is 8.47. The van der Waals surface area contributed by atoms with Gasteiger partial charge in [0.25, 0.3) is 0 Å². The molecular weight excluding hydrogens is 398 g/mol. The van der Waals surface area contributed by atoms with Gasteiger partial charge in [0.1, 0.15) is 11.6 Å². The number of rotatable bonds is 7. The first-order chi connectivity index (χ1) is 13.4. The molecule has 28 heavy (non-hydrogen) atoms. The molecule has 0 saturated heterocycles. The van der Waals surface area contributed by atoms with Gasteiger partial charge in [-0.25, -0.2) is 13.4 Å². The molecule has 6 nitrogen and oxygen atoms in total. The predicted molar refractivity (Wildman–Crippen MR) is 113 cm³/mol. The van der Waals surface area contributed by atoms with Gasteiger partial charge in [0.2, 0.25) is 10.0 Å². The first kappa shape index (κ1) is 20.4. The van der Waals surface area contributed by atoms with Gasteiger partial charge in [-0.2, -0.15) is 4.31 Å². The zero-order chi connectivity index (χ0) is 20.3. The molecule has 8 heteroatoms. The van der Waals surface area contributed by atoms with Crippen LogP contribution in [0.4, 0.5) is 0 Å². The third-order valence-corrected chi connectivity index (χ3v) is 6.74. The van der Waals surface area contributed by atoms with Crippen LogP contribution in [0.15, 0.2) is 47.4 Å². The van der Waals surface area contributed by atoms with Crippen LogP contribution < -0.4 is 4.74 Å². The number of aromatic nitrogens is 2. The number of hydrogen-bond acceptors (Lipinski definition) is 4. The fraction of sp³-hybridized carbons (Fsp3) is 0.250. The molecule has 1 heterocycles. The summed E-state index contributed by atoms with van der Waals surface area (Å²) in [5.41, 5.74) is 2.13. The molecule has 2 aromatic carbocycles. The minimum absolute atomic E-state index is 0.229. The summed E-state index contributed by atoms with van der Waals surface area (Å²) in [5, 5.41) is 0.414. The van der Waals surface area contributed by atoms with Gasteiger partial charge in [0.15, 0.2) is 0 Å². The lowest BCUT2D eigenvalue weighted by molar-refractivity contribution is 0.414. The van der Waals surface area contributed by atoms with E-state index in [2.05, 4.69) is 9.97 Å². The number of halogens is 1. The molecule has 0 radical (unpaired) electrons. The molecule has 0 unspecified atom stereocenters. The lowest BCUT2D eigenvalue weighted by atomic mass is 10.2. The van der Waals surface area contributed by atoms with Crippen molar-refractivity contribution in [1.29, 1.82) is 0 Å². The van der Waals surface area contributed by atoms with Crippen molar-refractivity contribution in [2.75, 3.05) is 20.2 Å². The fourth-order valence-electron chi connectivity index (χ4n) is 2.92. The molecule has 0 bridgehead atoms. The van der Waals surface area contributed by atoms with E-state index in [4.69, 9.17) is 16.3 Å². The van der Waals surface area contributed by atoms with Crippen LogP contribution in [0.1, 0.15) is 25.2 Å². The van der Waals surface area contributed by atoms with Crippen LogP contribution in [0, 0.1) is 0 Å². The number of sulfonamides is 1. The summed E-state index contributed by atoms with van der Waals surface area (Å²) in [6.07, 6.45) is 1.77. The Morgan fingerprint density at radius 3 is 2.64 bits per heavy atom. The molecule has 148 valence electrons. The van der Waals surface area contributed by atoms with Crippen LogP contribution in [-0.2, 0) is 10.0 Å².